The molecule has 1 rings (SSSR count). The molecule has 0 aliphatic carbocycles. The van der Waals surface area contributed by atoms with Crippen molar-refractivity contribution in [2.75, 3.05) is 25.1 Å². The van der Waals surface area contributed by atoms with E-state index < -0.39 is 0 Å². The maximum atomic E-state index is 5.16. The highest BCUT2D eigenvalue weighted by molar-refractivity contribution is 9.10. The molecule has 0 atom stereocenters. The number of nitrogens with one attached hydrogen (secondary N) is 1. The molecule has 0 aromatic carbocycles. The third kappa shape index (κ3) is 3.51. The Labute approximate surface area is 84.3 Å². The molecule has 0 spiro atoms. The molecule has 0 saturated heterocycles. The van der Waals surface area contributed by atoms with Crippen molar-refractivity contribution in [3.63, 3.8) is 0 Å². The fourth-order valence-electron chi connectivity index (χ4n) is 0.710. The number of hydrogen-bond donors (Lipinski definition) is 1. The van der Waals surface area contributed by atoms with Crippen LogP contribution in [0.2, 0.25) is 0 Å². The van der Waals surface area contributed by atoms with Crippen molar-refractivity contribution in [2.24, 2.45) is 0 Å². The Hall–Kier alpha value is -0.130. The first-order valence-corrected chi connectivity index (χ1v) is 5.43. The van der Waals surface area contributed by atoms with Gasteiger partial charge < -0.3 is 10.1 Å². The van der Waals surface area contributed by atoms with E-state index in [1.54, 1.807) is 11.3 Å². The molecule has 3 nitrogen and oxygen atoms in total. The van der Waals surface area contributed by atoms with Gasteiger partial charge in [0, 0.05) is 18.5 Å². The standard InChI is InChI=1S/C7H11BrN2OS/c1-2-11-4-3-9-7-10-6(8)5-12-7/h5H,2-4H2,1H3,(H,9,10). The van der Waals surface area contributed by atoms with Crippen LogP contribution in [0, 0.1) is 0 Å². The lowest BCUT2D eigenvalue weighted by Crippen LogP contribution is -2.08. The molecule has 1 N–H and O–H groups in total. The zero-order valence-electron chi connectivity index (χ0n) is 6.84. The predicted octanol–water partition coefficient (Wildman–Crippen LogP) is 2.35. The van der Waals surface area contributed by atoms with Crippen molar-refractivity contribution in [3.05, 3.63) is 9.98 Å². The molecular weight excluding hydrogens is 240 g/mol. The number of nitrogens with zero attached hydrogens (tertiary/aromatic N) is 1. The van der Waals surface area contributed by atoms with Gasteiger partial charge >= 0.3 is 0 Å². The third-order valence-corrected chi connectivity index (χ3v) is 2.71. The highest BCUT2D eigenvalue weighted by atomic mass is 79.9. The molecule has 0 unspecified atom stereocenters. The van der Waals surface area contributed by atoms with Crippen molar-refractivity contribution < 1.29 is 4.74 Å². The van der Waals surface area contributed by atoms with E-state index in [1.165, 1.54) is 0 Å². The first-order valence-electron chi connectivity index (χ1n) is 3.75. The molecule has 0 amide bonds. The van der Waals surface area contributed by atoms with E-state index in [4.69, 9.17) is 4.74 Å². The quantitative estimate of drug-likeness (QED) is 0.815. The maximum absolute atomic E-state index is 5.16. The smallest absolute Gasteiger partial charge is 0.183 e. The van der Waals surface area contributed by atoms with Gasteiger partial charge in [-0.1, -0.05) is 0 Å². The summed E-state index contributed by atoms with van der Waals surface area (Å²) in [6, 6.07) is 0. The average molecular weight is 251 g/mol. The molecule has 1 aromatic heterocycles. The molecule has 5 heteroatoms. The molecule has 12 heavy (non-hydrogen) atoms. The van der Waals surface area contributed by atoms with E-state index in [9.17, 15) is 0 Å². The van der Waals surface area contributed by atoms with Crippen LogP contribution in [0.25, 0.3) is 0 Å². The summed E-state index contributed by atoms with van der Waals surface area (Å²) in [5.41, 5.74) is 0. The van der Waals surface area contributed by atoms with Crippen LogP contribution in [-0.4, -0.2) is 24.7 Å². The van der Waals surface area contributed by atoms with Crippen molar-refractivity contribution in [3.8, 4) is 0 Å². The molecule has 1 aromatic rings. The number of halogens is 1. The molecule has 0 radical (unpaired) electrons. The summed E-state index contributed by atoms with van der Waals surface area (Å²) in [5.74, 6) is 0. The fraction of sp³-hybridized carbons (Fsp3) is 0.571. The minimum atomic E-state index is 0.730. The lowest BCUT2D eigenvalue weighted by atomic mass is 10.7. The van der Waals surface area contributed by atoms with Crippen LogP contribution in [0.3, 0.4) is 0 Å². The van der Waals surface area contributed by atoms with Gasteiger partial charge in [-0.25, -0.2) is 4.98 Å². The highest BCUT2D eigenvalue weighted by Gasteiger charge is 1.96. The first kappa shape index (κ1) is 9.95. The SMILES string of the molecule is CCOCCNc1nc(Br)cs1. The van der Waals surface area contributed by atoms with E-state index in [1.807, 2.05) is 12.3 Å². The Kier molecular flexibility index (Phi) is 4.57. The Morgan fingerprint density at radius 1 is 1.75 bits per heavy atom. The second-order valence-corrected chi connectivity index (χ2v) is 3.77. The van der Waals surface area contributed by atoms with Crippen LogP contribution in [0.5, 0.6) is 0 Å². The van der Waals surface area contributed by atoms with Gasteiger partial charge in [0.1, 0.15) is 4.60 Å². The number of hydrogen-bond acceptors (Lipinski definition) is 4. The van der Waals surface area contributed by atoms with Gasteiger partial charge in [-0.05, 0) is 22.9 Å². The molecule has 0 bridgehead atoms. The Morgan fingerprint density at radius 2 is 2.58 bits per heavy atom. The van der Waals surface area contributed by atoms with E-state index in [0.29, 0.717) is 0 Å². The maximum Gasteiger partial charge on any atom is 0.183 e. The summed E-state index contributed by atoms with van der Waals surface area (Å²) >= 11 is 4.87. The van der Waals surface area contributed by atoms with E-state index >= 15 is 0 Å². The third-order valence-electron chi connectivity index (χ3n) is 1.20. The van der Waals surface area contributed by atoms with Crippen LogP contribution in [0.15, 0.2) is 9.98 Å². The van der Waals surface area contributed by atoms with Gasteiger partial charge in [0.25, 0.3) is 0 Å². The lowest BCUT2D eigenvalue weighted by Gasteiger charge is -2.01. The summed E-state index contributed by atoms with van der Waals surface area (Å²) in [6.07, 6.45) is 0. The molecular formula is C7H11BrN2OS. The van der Waals surface area contributed by atoms with Gasteiger partial charge in [0.15, 0.2) is 5.13 Å². The molecule has 0 aliphatic rings. The highest BCUT2D eigenvalue weighted by Crippen LogP contribution is 2.18. The number of anilines is 1. The summed E-state index contributed by atoms with van der Waals surface area (Å²) in [7, 11) is 0. The molecule has 0 saturated carbocycles. The Morgan fingerprint density at radius 3 is 3.17 bits per heavy atom. The van der Waals surface area contributed by atoms with Crippen molar-refractivity contribution in [1.82, 2.24) is 4.98 Å². The van der Waals surface area contributed by atoms with Gasteiger partial charge in [-0.2, -0.15) is 0 Å². The number of aromatic nitrogens is 1. The van der Waals surface area contributed by atoms with E-state index in [-0.39, 0.29) is 0 Å². The van der Waals surface area contributed by atoms with Crippen molar-refractivity contribution in [2.45, 2.75) is 6.92 Å². The summed E-state index contributed by atoms with van der Waals surface area (Å²) < 4.78 is 6.05. The summed E-state index contributed by atoms with van der Waals surface area (Å²) in [5, 5.41) is 6.03. The normalized spacial score (nSPS) is 10.2. The van der Waals surface area contributed by atoms with Crippen LogP contribution < -0.4 is 5.32 Å². The van der Waals surface area contributed by atoms with Crippen molar-refractivity contribution in [1.29, 1.82) is 0 Å². The summed E-state index contributed by atoms with van der Waals surface area (Å²) in [4.78, 5) is 4.18. The first-order chi connectivity index (χ1) is 5.83. The number of rotatable bonds is 5. The zero-order valence-corrected chi connectivity index (χ0v) is 9.24. The van der Waals surface area contributed by atoms with Crippen LogP contribution in [0.4, 0.5) is 5.13 Å². The van der Waals surface area contributed by atoms with E-state index in [0.717, 1.165) is 29.5 Å². The second-order valence-electron chi connectivity index (χ2n) is 2.10. The van der Waals surface area contributed by atoms with Crippen LogP contribution >= 0.6 is 27.3 Å². The van der Waals surface area contributed by atoms with Gasteiger partial charge in [0.05, 0.1) is 6.61 Å². The largest absolute Gasteiger partial charge is 0.380 e. The number of thiazole rings is 1. The molecule has 68 valence electrons. The minimum Gasteiger partial charge on any atom is -0.380 e. The Bertz CT molecular complexity index is 229. The van der Waals surface area contributed by atoms with Crippen LogP contribution in [-0.2, 0) is 4.74 Å². The minimum absolute atomic E-state index is 0.730. The van der Waals surface area contributed by atoms with Gasteiger partial charge in [0.2, 0.25) is 0 Å². The number of ether oxygens (including phenoxy) is 1. The lowest BCUT2D eigenvalue weighted by molar-refractivity contribution is 0.158. The topological polar surface area (TPSA) is 34.1 Å². The average Bonchev–Trinajstić information content (AvgIpc) is 2.45. The second kappa shape index (κ2) is 5.50. The van der Waals surface area contributed by atoms with Gasteiger partial charge in [-0.3, -0.25) is 0 Å². The van der Waals surface area contributed by atoms with Crippen LogP contribution in [0.1, 0.15) is 6.92 Å². The monoisotopic (exact) mass is 250 g/mol. The van der Waals surface area contributed by atoms with E-state index in [2.05, 4.69) is 26.2 Å². The predicted molar refractivity (Wildman–Crippen MR) is 54.8 cm³/mol. The molecule has 0 aliphatic heterocycles. The summed E-state index contributed by atoms with van der Waals surface area (Å²) in [6.45, 7) is 4.30. The van der Waals surface area contributed by atoms with Crippen molar-refractivity contribution >= 4 is 32.4 Å². The molecule has 0 fully saturated rings. The fourth-order valence-corrected chi connectivity index (χ4v) is 1.88. The van der Waals surface area contributed by atoms with Gasteiger partial charge in [-0.15, -0.1) is 11.3 Å². The molecule has 1 heterocycles. The zero-order chi connectivity index (χ0) is 8.81. The Balaban J connectivity index is 2.15.